The SMILES string of the molecule is Cc1ccccc1CC(=O)N1CCC2(CC1)CN(C)C(=O)c1cnc(C(C)(C)C)nc12. The Kier molecular flexibility index (Phi) is 5.36. The van der Waals surface area contributed by atoms with Crippen LogP contribution in [0.2, 0.25) is 0 Å². The predicted octanol–water partition coefficient (Wildman–Crippen LogP) is 3.27. The van der Waals surface area contributed by atoms with Gasteiger partial charge in [-0.2, -0.15) is 0 Å². The number of likely N-dealkylation sites (tertiary alicyclic amines) is 1. The lowest BCUT2D eigenvalue weighted by Crippen LogP contribution is -2.55. The first-order valence-corrected chi connectivity index (χ1v) is 11.1. The lowest BCUT2D eigenvalue weighted by atomic mass is 9.71. The van der Waals surface area contributed by atoms with Gasteiger partial charge >= 0.3 is 0 Å². The first-order chi connectivity index (χ1) is 14.6. The van der Waals surface area contributed by atoms with Crippen molar-refractivity contribution in [3.8, 4) is 0 Å². The molecule has 2 aliphatic rings. The molecule has 2 amide bonds. The quantitative estimate of drug-likeness (QED) is 0.748. The average molecular weight is 421 g/mol. The Morgan fingerprint density at radius 3 is 2.48 bits per heavy atom. The first-order valence-electron chi connectivity index (χ1n) is 11.1. The van der Waals surface area contributed by atoms with Gasteiger partial charge in [-0.3, -0.25) is 9.59 Å². The van der Waals surface area contributed by atoms with Crippen LogP contribution in [0.3, 0.4) is 0 Å². The van der Waals surface area contributed by atoms with E-state index >= 15 is 0 Å². The molecule has 3 heterocycles. The topological polar surface area (TPSA) is 66.4 Å². The number of carbonyl (C=O) groups is 2. The molecule has 1 spiro atoms. The number of rotatable bonds is 2. The van der Waals surface area contributed by atoms with Crippen LogP contribution in [0.15, 0.2) is 30.5 Å². The largest absolute Gasteiger partial charge is 0.342 e. The molecule has 164 valence electrons. The van der Waals surface area contributed by atoms with Crippen molar-refractivity contribution in [3.63, 3.8) is 0 Å². The minimum atomic E-state index is -0.222. The third-order valence-electron chi connectivity index (χ3n) is 6.76. The molecule has 6 heteroatoms. The van der Waals surface area contributed by atoms with Crippen LogP contribution in [-0.4, -0.2) is 58.3 Å². The second-order valence-corrected chi connectivity index (χ2v) is 10.1. The summed E-state index contributed by atoms with van der Waals surface area (Å²) in [5, 5.41) is 0. The molecule has 1 fully saturated rings. The molecule has 1 aromatic carbocycles. The van der Waals surface area contributed by atoms with E-state index in [2.05, 4.69) is 25.8 Å². The van der Waals surface area contributed by atoms with Gasteiger partial charge in [-0.05, 0) is 30.9 Å². The molecule has 31 heavy (non-hydrogen) atoms. The third kappa shape index (κ3) is 3.95. The molecule has 0 N–H and O–H groups in total. The molecular weight excluding hydrogens is 388 g/mol. The van der Waals surface area contributed by atoms with Gasteiger partial charge in [0, 0.05) is 43.7 Å². The number of piperidine rings is 1. The maximum atomic E-state index is 13.0. The highest BCUT2D eigenvalue weighted by molar-refractivity contribution is 5.96. The van der Waals surface area contributed by atoms with Gasteiger partial charge in [0.1, 0.15) is 5.82 Å². The second-order valence-electron chi connectivity index (χ2n) is 10.1. The lowest BCUT2D eigenvalue weighted by molar-refractivity contribution is -0.132. The number of fused-ring (bicyclic) bond motifs is 2. The summed E-state index contributed by atoms with van der Waals surface area (Å²) >= 11 is 0. The number of aryl methyl sites for hydroxylation is 1. The molecule has 0 aliphatic carbocycles. The Morgan fingerprint density at radius 1 is 1.16 bits per heavy atom. The summed E-state index contributed by atoms with van der Waals surface area (Å²) in [6, 6.07) is 8.06. The van der Waals surface area contributed by atoms with E-state index in [4.69, 9.17) is 4.98 Å². The van der Waals surface area contributed by atoms with Crippen molar-refractivity contribution >= 4 is 11.8 Å². The Hall–Kier alpha value is -2.76. The van der Waals surface area contributed by atoms with E-state index in [1.54, 1.807) is 11.1 Å². The number of hydrogen-bond donors (Lipinski definition) is 0. The Morgan fingerprint density at radius 2 is 1.84 bits per heavy atom. The second kappa shape index (κ2) is 7.74. The number of amides is 2. The maximum Gasteiger partial charge on any atom is 0.257 e. The van der Waals surface area contributed by atoms with Crippen LogP contribution in [-0.2, 0) is 22.0 Å². The molecule has 1 aromatic heterocycles. The van der Waals surface area contributed by atoms with Gasteiger partial charge in [-0.25, -0.2) is 9.97 Å². The first kappa shape index (κ1) is 21.5. The van der Waals surface area contributed by atoms with Crippen LogP contribution >= 0.6 is 0 Å². The van der Waals surface area contributed by atoms with Gasteiger partial charge in [-0.1, -0.05) is 45.0 Å². The van der Waals surface area contributed by atoms with Crippen molar-refractivity contribution in [1.82, 2.24) is 19.8 Å². The van der Waals surface area contributed by atoms with Gasteiger partial charge in [-0.15, -0.1) is 0 Å². The number of aromatic nitrogens is 2. The average Bonchev–Trinajstić information content (AvgIpc) is 2.73. The van der Waals surface area contributed by atoms with Crippen molar-refractivity contribution < 1.29 is 9.59 Å². The molecule has 6 nitrogen and oxygen atoms in total. The van der Waals surface area contributed by atoms with E-state index in [9.17, 15) is 9.59 Å². The van der Waals surface area contributed by atoms with Gasteiger partial charge in [0.2, 0.25) is 5.91 Å². The van der Waals surface area contributed by atoms with E-state index < -0.39 is 0 Å². The highest BCUT2D eigenvalue weighted by atomic mass is 16.2. The molecule has 0 atom stereocenters. The molecule has 2 aliphatic heterocycles. The van der Waals surface area contributed by atoms with E-state index in [0.29, 0.717) is 31.6 Å². The minimum absolute atomic E-state index is 0.0147. The molecule has 0 radical (unpaired) electrons. The Bertz CT molecular complexity index is 1020. The molecule has 2 aromatic rings. The summed E-state index contributed by atoms with van der Waals surface area (Å²) < 4.78 is 0. The third-order valence-corrected chi connectivity index (χ3v) is 6.76. The highest BCUT2D eigenvalue weighted by Gasteiger charge is 2.46. The summed E-state index contributed by atoms with van der Waals surface area (Å²) in [5.74, 6) is 0.919. The molecule has 1 saturated heterocycles. The summed E-state index contributed by atoms with van der Waals surface area (Å²) in [6.07, 6.45) is 3.75. The molecule has 4 rings (SSSR count). The molecule has 0 unspecified atom stereocenters. The summed E-state index contributed by atoms with van der Waals surface area (Å²) in [4.78, 5) is 39.0. The van der Waals surface area contributed by atoms with Crippen molar-refractivity contribution in [3.05, 3.63) is 58.7 Å². The standard InChI is InChI=1S/C25H32N4O2/c1-17-8-6-7-9-18(17)14-20(30)29-12-10-25(11-13-29)16-28(5)22(31)19-15-26-23(24(2,3)4)27-21(19)25/h6-9,15H,10-14,16H2,1-5H3. The van der Waals surface area contributed by atoms with E-state index in [1.807, 2.05) is 43.1 Å². The van der Waals surface area contributed by atoms with Crippen LogP contribution in [0.25, 0.3) is 0 Å². The zero-order valence-corrected chi connectivity index (χ0v) is 19.2. The van der Waals surface area contributed by atoms with E-state index in [1.165, 1.54) is 0 Å². The lowest BCUT2D eigenvalue weighted by Gasteiger charge is -2.46. The Labute approximate surface area is 184 Å². The maximum absolute atomic E-state index is 13.0. The number of carbonyl (C=O) groups excluding carboxylic acids is 2. The number of likely N-dealkylation sites (N-methyl/N-ethyl adjacent to an activating group) is 1. The Balaban J connectivity index is 1.57. The smallest absolute Gasteiger partial charge is 0.257 e. The molecule has 0 bridgehead atoms. The van der Waals surface area contributed by atoms with Crippen molar-refractivity contribution in [2.75, 3.05) is 26.7 Å². The zero-order valence-electron chi connectivity index (χ0n) is 19.2. The monoisotopic (exact) mass is 420 g/mol. The predicted molar refractivity (Wildman–Crippen MR) is 120 cm³/mol. The van der Waals surface area contributed by atoms with Crippen LogP contribution < -0.4 is 0 Å². The fourth-order valence-corrected chi connectivity index (χ4v) is 4.77. The normalized spacial score (nSPS) is 18.3. The van der Waals surface area contributed by atoms with Gasteiger partial charge < -0.3 is 9.80 Å². The number of benzene rings is 1. The van der Waals surface area contributed by atoms with Crippen LogP contribution in [0, 0.1) is 6.92 Å². The van der Waals surface area contributed by atoms with Gasteiger partial charge in [0.25, 0.3) is 5.91 Å². The van der Waals surface area contributed by atoms with Crippen LogP contribution in [0.5, 0.6) is 0 Å². The molecule has 0 saturated carbocycles. The number of hydrogen-bond acceptors (Lipinski definition) is 4. The summed E-state index contributed by atoms with van der Waals surface area (Å²) in [6.45, 7) is 10.3. The summed E-state index contributed by atoms with van der Waals surface area (Å²) in [5.41, 5.74) is 3.32. The van der Waals surface area contributed by atoms with Crippen LogP contribution in [0.1, 0.15) is 66.6 Å². The van der Waals surface area contributed by atoms with Crippen molar-refractivity contribution in [2.24, 2.45) is 0 Å². The van der Waals surface area contributed by atoms with Gasteiger partial charge in [0.15, 0.2) is 0 Å². The minimum Gasteiger partial charge on any atom is -0.342 e. The van der Waals surface area contributed by atoms with Crippen molar-refractivity contribution in [1.29, 1.82) is 0 Å². The van der Waals surface area contributed by atoms with Gasteiger partial charge in [0.05, 0.1) is 17.7 Å². The fourth-order valence-electron chi connectivity index (χ4n) is 4.77. The zero-order chi connectivity index (χ0) is 22.4. The van der Waals surface area contributed by atoms with E-state index in [0.717, 1.165) is 35.5 Å². The van der Waals surface area contributed by atoms with E-state index in [-0.39, 0.29) is 22.6 Å². The summed E-state index contributed by atoms with van der Waals surface area (Å²) in [7, 11) is 1.85. The van der Waals surface area contributed by atoms with Crippen molar-refractivity contribution in [2.45, 2.75) is 57.8 Å². The highest BCUT2D eigenvalue weighted by Crippen LogP contribution is 2.41. The van der Waals surface area contributed by atoms with Crippen LogP contribution in [0.4, 0.5) is 0 Å². The fraction of sp³-hybridized carbons (Fsp3) is 0.520. The number of nitrogens with zero attached hydrogens (tertiary/aromatic N) is 4. The molecular formula is C25H32N4O2.